The molecule has 0 radical (unpaired) electrons. The molecule has 0 rings (SSSR count). The summed E-state index contributed by atoms with van der Waals surface area (Å²) in [5, 5.41) is 5.20. The second-order valence-electron chi connectivity index (χ2n) is 5.29. The van der Waals surface area contributed by atoms with Gasteiger partial charge in [-0.1, -0.05) is 39.5 Å². The van der Waals surface area contributed by atoms with E-state index in [2.05, 4.69) is 0 Å². The fourth-order valence-electron chi connectivity index (χ4n) is 2.24. The minimum Gasteiger partial charge on any atom is -0.465 e. The number of sulfonamides is 1. The minimum absolute atomic E-state index is 0.118. The first-order chi connectivity index (χ1) is 8.74. The molecule has 0 aliphatic rings. The molecule has 2 N–H and O–H groups in total. The molecule has 114 valence electrons. The minimum atomic E-state index is -3.58. The molecular formula is C13H27NO4S. The normalized spacial score (nSPS) is 12.4. The van der Waals surface area contributed by atoms with Crippen LogP contribution in [0, 0.1) is 5.41 Å². The number of carbonyl (C=O) groups excluding carboxylic acids is 1. The number of primary sulfonamides is 1. The van der Waals surface area contributed by atoms with Crippen molar-refractivity contribution >= 4 is 16.0 Å². The molecule has 0 bridgehead atoms. The molecule has 0 aliphatic carbocycles. The zero-order chi connectivity index (χ0) is 14.9. The van der Waals surface area contributed by atoms with E-state index >= 15 is 0 Å². The van der Waals surface area contributed by atoms with Gasteiger partial charge in [0, 0.05) is 12.3 Å². The van der Waals surface area contributed by atoms with Crippen LogP contribution < -0.4 is 5.14 Å². The predicted molar refractivity (Wildman–Crippen MR) is 76.1 cm³/mol. The molecule has 0 amide bonds. The molecule has 0 aromatic heterocycles. The zero-order valence-corrected chi connectivity index (χ0v) is 13.1. The lowest BCUT2D eigenvalue weighted by Gasteiger charge is -2.32. The van der Waals surface area contributed by atoms with Crippen molar-refractivity contribution in [3.63, 3.8) is 0 Å². The smallest absolute Gasteiger partial charge is 0.302 e. The van der Waals surface area contributed by atoms with Gasteiger partial charge < -0.3 is 4.74 Å². The maximum Gasteiger partial charge on any atom is 0.302 e. The average Bonchev–Trinajstić information content (AvgIpc) is 2.29. The molecule has 0 heterocycles. The summed E-state index contributed by atoms with van der Waals surface area (Å²) < 4.78 is 28.0. The van der Waals surface area contributed by atoms with Crippen molar-refractivity contribution in [1.29, 1.82) is 0 Å². The van der Waals surface area contributed by atoms with Crippen molar-refractivity contribution in [2.45, 2.75) is 59.3 Å². The molecule has 19 heavy (non-hydrogen) atoms. The quantitative estimate of drug-likeness (QED) is 0.626. The van der Waals surface area contributed by atoms with Crippen molar-refractivity contribution in [2.75, 3.05) is 12.4 Å². The second-order valence-corrected chi connectivity index (χ2v) is 6.91. The van der Waals surface area contributed by atoms with Gasteiger partial charge >= 0.3 is 5.97 Å². The number of rotatable bonds is 10. The summed E-state index contributed by atoms with van der Waals surface area (Å²) in [6.45, 7) is 5.57. The summed E-state index contributed by atoms with van der Waals surface area (Å²) >= 11 is 0. The van der Waals surface area contributed by atoms with Gasteiger partial charge in [0.15, 0.2) is 0 Å². The van der Waals surface area contributed by atoms with Crippen LogP contribution in [-0.4, -0.2) is 26.7 Å². The van der Waals surface area contributed by atoms with E-state index in [4.69, 9.17) is 9.88 Å². The van der Waals surface area contributed by atoms with Gasteiger partial charge in [-0.3, -0.25) is 4.79 Å². The number of esters is 1. The number of ether oxygens (including phenoxy) is 1. The maximum atomic E-state index is 11.5. The number of carbonyl (C=O) groups is 1. The lowest BCUT2D eigenvalue weighted by Crippen LogP contribution is -2.38. The van der Waals surface area contributed by atoms with Gasteiger partial charge in [0.25, 0.3) is 0 Å². The van der Waals surface area contributed by atoms with Gasteiger partial charge in [0.1, 0.15) is 0 Å². The fourth-order valence-corrected chi connectivity index (χ4v) is 3.47. The lowest BCUT2D eigenvalue weighted by molar-refractivity contribution is -0.144. The fraction of sp³-hybridized carbons (Fsp3) is 0.923. The molecule has 0 saturated heterocycles. The summed E-state index contributed by atoms with van der Waals surface area (Å²) in [5.41, 5.74) is -0.536. The van der Waals surface area contributed by atoms with Crippen LogP contribution in [0.2, 0.25) is 0 Å². The van der Waals surface area contributed by atoms with E-state index in [1.54, 1.807) is 0 Å². The van der Waals surface area contributed by atoms with E-state index in [1.807, 2.05) is 13.8 Å². The Balaban J connectivity index is 4.99. The van der Waals surface area contributed by atoms with E-state index in [0.717, 1.165) is 25.7 Å². The van der Waals surface area contributed by atoms with Crippen LogP contribution in [0.25, 0.3) is 0 Å². The summed E-state index contributed by atoms with van der Waals surface area (Å²) in [5.74, 6) is -0.500. The third-order valence-electron chi connectivity index (χ3n) is 3.21. The Morgan fingerprint density at radius 2 is 1.63 bits per heavy atom. The first-order valence-corrected chi connectivity index (χ1v) is 8.60. The second kappa shape index (κ2) is 8.53. The highest BCUT2D eigenvalue weighted by atomic mass is 32.2. The van der Waals surface area contributed by atoms with Crippen LogP contribution in [0.4, 0.5) is 0 Å². The van der Waals surface area contributed by atoms with Gasteiger partial charge in [0.05, 0.1) is 12.4 Å². The van der Waals surface area contributed by atoms with Crippen LogP contribution in [0.15, 0.2) is 0 Å². The third kappa shape index (κ3) is 8.99. The van der Waals surface area contributed by atoms with E-state index in [-0.39, 0.29) is 18.3 Å². The monoisotopic (exact) mass is 293 g/mol. The molecular weight excluding hydrogens is 266 g/mol. The van der Waals surface area contributed by atoms with Crippen LogP contribution in [0.1, 0.15) is 59.3 Å². The molecule has 0 fully saturated rings. The summed E-state index contributed by atoms with van der Waals surface area (Å²) in [4.78, 5) is 11.0. The first-order valence-electron chi connectivity index (χ1n) is 6.88. The Hall–Kier alpha value is -0.620. The molecule has 0 aliphatic heterocycles. The largest absolute Gasteiger partial charge is 0.465 e. The number of hydrogen-bond donors (Lipinski definition) is 1. The summed E-state index contributed by atoms with van der Waals surface area (Å²) in [7, 11) is -3.58. The van der Waals surface area contributed by atoms with E-state index in [1.165, 1.54) is 6.92 Å². The van der Waals surface area contributed by atoms with Crippen LogP contribution in [-0.2, 0) is 19.6 Å². The standard InChI is InChI=1S/C13H27NO4S/c1-4-6-8-13(9-7-5-2,10-18-12(3)15)11-19(14,16)17/h4-11H2,1-3H3,(H2,14,16,17). The van der Waals surface area contributed by atoms with Crippen molar-refractivity contribution in [2.24, 2.45) is 10.6 Å². The topological polar surface area (TPSA) is 86.5 Å². The maximum absolute atomic E-state index is 11.5. The number of nitrogens with two attached hydrogens (primary N) is 1. The molecule has 0 aromatic carbocycles. The SMILES string of the molecule is CCCCC(CCCC)(COC(C)=O)CS(N)(=O)=O. The molecule has 0 unspecified atom stereocenters. The van der Waals surface area contributed by atoms with E-state index in [9.17, 15) is 13.2 Å². The Morgan fingerprint density at radius 3 is 1.95 bits per heavy atom. The average molecular weight is 293 g/mol. The molecule has 0 spiro atoms. The van der Waals surface area contributed by atoms with Crippen LogP contribution in [0.3, 0.4) is 0 Å². The zero-order valence-electron chi connectivity index (χ0n) is 12.3. The van der Waals surface area contributed by atoms with Crippen molar-refractivity contribution < 1.29 is 17.9 Å². The van der Waals surface area contributed by atoms with E-state index in [0.29, 0.717) is 12.8 Å². The molecule has 0 aromatic rings. The van der Waals surface area contributed by atoms with Crippen LogP contribution in [0.5, 0.6) is 0 Å². The van der Waals surface area contributed by atoms with E-state index < -0.39 is 15.4 Å². The van der Waals surface area contributed by atoms with Crippen molar-refractivity contribution in [1.82, 2.24) is 0 Å². The number of hydrogen-bond acceptors (Lipinski definition) is 4. The Labute approximate surface area is 116 Å². The van der Waals surface area contributed by atoms with Gasteiger partial charge in [-0.2, -0.15) is 0 Å². The Bertz CT molecular complexity index is 357. The van der Waals surface area contributed by atoms with Crippen molar-refractivity contribution in [3.05, 3.63) is 0 Å². The summed E-state index contributed by atoms with van der Waals surface area (Å²) in [6.07, 6.45) is 5.18. The lowest BCUT2D eigenvalue weighted by atomic mass is 9.80. The molecule has 0 saturated carbocycles. The molecule has 0 atom stereocenters. The van der Waals surface area contributed by atoms with Gasteiger partial charge in [-0.25, -0.2) is 13.6 Å². The summed E-state index contributed by atoms with van der Waals surface area (Å²) in [6, 6.07) is 0. The van der Waals surface area contributed by atoms with Crippen LogP contribution >= 0.6 is 0 Å². The Kier molecular flexibility index (Phi) is 8.25. The number of unbranched alkanes of at least 4 members (excludes halogenated alkanes) is 2. The Morgan fingerprint density at radius 1 is 1.16 bits per heavy atom. The highest BCUT2D eigenvalue weighted by molar-refractivity contribution is 7.89. The van der Waals surface area contributed by atoms with Gasteiger partial charge in [-0.05, 0) is 12.8 Å². The molecule has 5 nitrogen and oxygen atoms in total. The molecule has 6 heteroatoms. The van der Waals surface area contributed by atoms with Gasteiger partial charge in [0.2, 0.25) is 10.0 Å². The van der Waals surface area contributed by atoms with Gasteiger partial charge in [-0.15, -0.1) is 0 Å². The highest BCUT2D eigenvalue weighted by Crippen LogP contribution is 2.33. The third-order valence-corrected chi connectivity index (χ3v) is 4.23. The highest BCUT2D eigenvalue weighted by Gasteiger charge is 2.34. The van der Waals surface area contributed by atoms with Crippen molar-refractivity contribution in [3.8, 4) is 0 Å². The predicted octanol–water partition coefficient (Wildman–Crippen LogP) is 2.20. The first kappa shape index (κ1) is 18.4.